The molecule has 0 fully saturated rings. The highest BCUT2D eigenvalue weighted by atomic mass is 32.2. The highest BCUT2D eigenvalue weighted by Gasteiger charge is 2.12. The lowest BCUT2D eigenvalue weighted by Gasteiger charge is -2.13. The number of hydrogen-bond acceptors (Lipinski definition) is 4. The number of nitrogens with two attached hydrogens (primary N) is 1. The van der Waals surface area contributed by atoms with E-state index in [1.54, 1.807) is 4.57 Å². The second kappa shape index (κ2) is 6.28. The van der Waals surface area contributed by atoms with Crippen molar-refractivity contribution in [2.75, 3.05) is 5.75 Å². The Hall–Kier alpha value is -1.53. The van der Waals surface area contributed by atoms with E-state index in [1.165, 1.54) is 22.9 Å². The summed E-state index contributed by atoms with van der Waals surface area (Å²) in [5.41, 5.74) is 9.61. The number of nitrogens with one attached hydrogen (secondary N) is 1. The predicted octanol–water partition coefficient (Wildman–Crippen LogP) is 2.00. The third kappa shape index (κ3) is 3.32. The molecule has 0 radical (unpaired) electrons. The number of H-pyrrole nitrogens is 1. The van der Waals surface area contributed by atoms with Crippen LogP contribution in [0.5, 0.6) is 0 Å². The van der Waals surface area contributed by atoms with E-state index in [0.717, 1.165) is 5.56 Å². The normalized spacial score (nSPS) is 12.6. The van der Waals surface area contributed by atoms with Crippen molar-refractivity contribution in [3.63, 3.8) is 0 Å². The molecule has 2 rings (SSSR count). The minimum atomic E-state index is -0.171. The van der Waals surface area contributed by atoms with Crippen molar-refractivity contribution in [1.82, 2.24) is 14.8 Å². The second-order valence-electron chi connectivity index (χ2n) is 4.89. The Labute approximate surface area is 122 Å². The van der Waals surface area contributed by atoms with E-state index >= 15 is 0 Å². The molecule has 0 aliphatic heterocycles. The summed E-state index contributed by atoms with van der Waals surface area (Å²) in [6.07, 6.45) is 0. The summed E-state index contributed by atoms with van der Waals surface area (Å²) in [4.78, 5) is 11.5. The molecule has 0 bridgehead atoms. The van der Waals surface area contributed by atoms with Gasteiger partial charge in [-0.3, -0.25) is 4.57 Å². The lowest BCUT2D eigenvalue weighted by molar-refractivity contribution is 0.659. The van der Waals surface area contributed by atoms with E-state index in [2.05, 4.69) is 42.2 Å². The van der Waals surface area contributed by atoms with Crippen LogP contribution in [0.3, 0.4) is 0 Å². The molecule has 1 heterocycles. The fourth-order valence-corrected chi connectivity index (χ4v) is 3.18. The number of thioether (sulfide) groups is 1. The molecular weight excluding hydrogens is 272 g/mol. The van der Waals surface area contributed by atoms with Crippen molar-refractivity contribution in [2.24, 2.45) is 5.73 Å². The maximum absolute atomic E-state index is 11.5. The van der Waals surface area contributed by atoms with Gasteiger partial charge in [0.25, 0.3) is 0 Å². The number of aryl methyl sites for hydroxylation is 2. The van der Waals surface area contributed by atoms with E-state index in [4.69, 9.17) is 5.73 Å². The Morgan fingerprint density at radius 3 is 2.60 bits per heavy atom. The fourth-order valence-electron chi connectivity index (χ4n) is 2.18. The molecule has 0 saturated carbocycles. The van der Waals surface area contributed by atoms with Crippen LogP contribution in [-0.4, -0.2) is 20.5 Å². The molecule has 0 amide bonds. The van der Waals surface area contributed by atoms with E-state index in [0.29, 0.717) is 17.5 Å². The van der Waals surface area contributed by atoms with Crippen LogP contribution in [0.15, 0.2) is 28.2 Å². The Morgan fingerprint density at radius 2 is 2.00 bits per heavy atom. The highest BCUT2D eigenvalue weighted by Crippen LogP contribution is 2.22. The maximum atomic E-state index is 11.5. The van der Waals surface area contributed by atoms with Gasteiger partial charge in [-0.05, 0) is 26.3 Å². The topological polar surface area (TPSA) is 76.7 Å². The molecule has 6 heteroatoms. The van der Waals surface area contributed by atoms with Crippen molar-refractivity contribution < 1.29 is 0 Å². The van der Waals surface area contributed by atoms with Gasteiger partial charge in [-0.25, -0.2) is 9.89 Å². The SMILES string of the molecule is CCn1c(SCC(N)c2cc(C)cc(C)c2)n[nH]c1=O. The van der Waals surface area contributed by atoms with Gasteiger partial charge in [0.1, 0.15) is 0 Å². The van der Waals surface area contributed by atoms with E-state index in [1.807, 2.05) is 6.92 Å². The van der Waals surface area contributed by atoms with Crippen LogP contribution in [0.1, 0.15) is 29.7 Å². The van der Waals surface area contributed by atoms with E-state index in [-0.39, 0.29) is 11.7 Å². The molecule has 1 unspecified atom stereocenters. The number of rotatable bonds is 5. The molecule has 1 aromatic carbocycles. The van der Waals surface area contributed by atoms with Crippen LogP contribution >= 0.6 is 11.8 Å². The standard InChI is InChI=1S/C14H20N4OS/c1-4-18-13(19)16-17-14(18)20-8-12(15)11-6-9(2)5-10(3)7-11/h5-7,12H,4,8,15H2,1-3H3,(H,16,19). The molecule has 5 nitrogen and oxygen atoms in total. The molecule has 0 spiro atoms. The monoisotopic (exact) mass is 292 g/mol. The van der Waals surface area contributed by atoms with Crippen molar-refractivity contribution >= 4 is 11.8 Å². The first-order valence-electron chi connectivity index (χ1n) is 6.63. The smallest absolute Gasteiger partial charge is 0.323 e. The Kier molecular flexibility index (Phi) is 4.67. The average molecular weight is 292 g/mol. The summed E-state index contributed by atoms with van der Waals surface area (Å²) in [7, 11) is 0. The molecule has 108 valence electrons. The molecule has 3 N–H and O–H groups in total. The zero-order chi connectivity index (χ0) is 14.7. The van der Waals surface area contributed by atoms with Gasteiger partial charge in [0.2, 0.25) is 0 Å². The predicted molar refractivity (Wildman–Crippen MR) is 82.1 cm³/mol. The van der Waals surface area contributed by atoms with Crippen LogP contribution in [-0.2, 0) is 6.54 Å². The van der Waals surface area contributed by atoms with Crippen molar-refractivity contribution in [3.8, 4) is 0 Å². The molecule has 0 aliphatic rings. The molecule has 2 aromatic rings. The Balaban J connectivity index is 2.08. The quantitative estimate of drug-likeness (QED) is 0.826. The summed E-state index contributed by atoms with van der Waals surface area (Å²) in [6, 6.07) is 6.27. The highest BCUT2D eigenvalue weighted by molar-refractivity contribution is 7.99. The van der Waals surface area contributed by atoms with Gasteiger partial charge in [0, 0.05) is 18.3 Å². The van der Waals surface area contributed by atoms with Crippen molar-refractivity contribution in [2.45, 2.75) is 38.5 Å². The van der Waals surface area contributed by atoms with Crippen LogP contribution in [0, 0.1) is 13.8 Å². The van der Waals surface area contributed by atoms with Crippen molar-refractivity contribution in [1.29, 1.82) is 0 Å². The minimum absolute atomic E-state index is 0.0734. The van der Waals surface area contributed by atoms with Gasteiger partial charge in [0.05, 0.1) is 0 Å². The molecular formula is C14H20N4OS. The van der Waals surface area contributed by atoms with Crippen LogP contribution in [0.2, 0.25) is 0 Å². The first-order chi connectivity index (χ1) is 9.51. The zero-order valence-corrected chi connectivity index (χ0v) is 12.8. The summed E-state index contributed by atoms with van der Waals surface area (Å²) in [6.45, 7) is 6.67. The van der Waals surface area contributed by atoms with Gasteiger partial charge in [-0.15, -0.1) is 5.10 Å². The number of aromatic nitrogens is 3. The summed E-state index contributed by atoms with van der Waals surface area (Å²) in [5.74, 6) is 0.688. The van der Waals surface area contributed by atoms with Gasteiger partial charge < -0.3 is 5.73 Å². The number of hydrogen-bond donors (Lipinski definition) is 2. The number of nitrogens with zero attached hydrogens (tertiary/aromatic N) is 2. The molecule has 1 atom stereocenters. The second-order valence-corrected chi connectivity index (χ2v) is 5.88. The first-order valence-corrected chi connectivity index (χ1v) is 7.61. The average Bonchev–Trinajstić information content (AvgIpc) is 2.75. The number of benzene rings is 1. The van der Waals surface area contributed by atoms with E-state index in [9.17, 15) is 4.79 Å². The largest absolute Gasteiger partial charge is 0.343 e. The van der Waals surface area contributed by atoms with Gasteiger partial charge in [-0.2, -0.15) is 0 Å². The first kappa shape index (κ1) is 14.9. The number of aromatic amines is 1. The minimum Gasteiger partial charge on any atom is -0.323 e. The third-order valence-corrected chi connectivity index (χ3v) is 4.20. The third-order valence-electron chi connectivity index (χ3n) is 3.10. The summed E-state index contributed by atoms with van der Waals surface area (Å²) in [5, 5.41) is 7.18. The van der Waals surface area contributed by atoms with Gasteiger partial charge in [0.15, 0.2) is 5.16 Å². The molecule has 0 saturated heterocycles. The van der Waals surface area contributed by atoms with Crippen LogP contribution < -0.4 is 11.4 Å². The Bertz CT molecular complexity index is 627. The van der Waals surface area contributed by atoms with Gasteiger partial charge >= 0.3 is 5.69 Å². The molecule has 20 heavy (non-hydrogen) atoms. The zero-order valence-electron chi connectivity index (χ0n) is 12.0. The summed E-state index contributed by atoms with van der Waals surface area (Å²) < 4.78 is 1.61. The fraction of sp³-hybridized carbons (Fsp3) is 0.429. The lowest BCUT2D eigenvalue weighted by Crippen LogP contribution is -2.17. The van der Waals surface area contributed by atoms with Gasteiger partial charge in [-0.1, -0.05) is 41.1 Å². The molecule has 1 aromatic heterocycles. The maximum Gasteiger partial charge on any atom is 0.343 e. The van der Waals surface area contributed by atoms with Crippen molar-refractivity contribution in [3.05, 3.63) is 45.4 Å². The summed E-state index contributed by atoms with van der Waals surface area (Å²) >= 11 is 1.50. The van der Waals surface area contributed by atoms with Crippen LogP contribution in [0.4, 0.5) is 0 Å². The molecule has 0 aliphatic carbocycles. The van der Waals surface area contributed by atoms with E-state index < -0.39 is 0 Å². The Morgan fingerprint density at radius 1 is 1.35 bits per heavy atom. The lowest BCUT2D eigenvalue weighted by atomic mass is 10.0. The van der Waals surface area contributed by atoms with Crippen LogP contribution in [0.25, 0.3) is 0 Å².